The second-order valence-electron chi connectivity index (χ2n) is 8.06. The van der Waals surface area contributed by atoms with Gasteiger partial charge >= 0.3 is 0 Å². The SMILES string of the molecule is CCC[C@@H](Nc1nc(Nc2ccc3c(c2)c(OC)nn3CCOC)c(C(N)=O)cc1F)[C@H](C)N. The molecule has 2 heterocycles. The highest BCUT2D eigenvalue weighted by Gasteiger charge is 2.20. The van der Waals surface area contributed by atoms with Crippen LogP contribution in [0.1, 0.15) is 37.0 Å². The zero-order valence-corrected chi connectivity index (χ0v) is 19.9. The lowest BCUT2D eigenvalue weighted by Gasteiger charge is -2.23. The third kappa shape index (κ3) is 5.54. The molecule has 0 saturated carbocycles. The van der Waals surface area contributed by atoms with Crippen molar-refractivity contribution in [1.82, 2.24) is 14.8 Å². The first-order chi connectivity index (χ1) is 16.3. The Kier molecular flexibility index (Phi) is 8.24. The molecule has 10 nitrogen and oxygen atoms in total. The Morgan fingerprint density at radius 3 is 2.65 bits per heavy atom. The van der Waals surface area contributed by atoms with Crippen molar-refractivity contribution in [2.75, 3.05) is 31.5 Å². The van der Waals surface area contributed by atoms with Gasteiger partial charge in [0.05, 0.1) is 36.7 Å². The van der Waals surface area contributed by atoms with Crippen LogP contribution in [0.3, 0.4) is 0 Å². The molecule has 1 aromatic carbocycles. The van der Waals surface area contributed by atoms with Crippen molar-refractivity contribution < 1.29 is 18.7 Å². The minimum Gasteiger partial charge on any atom is -0.479 e. The van der Waals surface area contributed by atoms with Gasteiger partial charge in [0, 0.05) is 24.9 Å². The van der Waals surface area contributed by atoms with E-state index in [-0.39, 0.29) is 29.3 Å². The van der Waals surface area contributed by atoms with Gasteiger partial charge in [-0.05, 0) is 37.6 Å². The first-order valence-electron chi connectivity index (χ1n) is 11.1. The summed E-state index contributed by atoms with van der Waals surface area (Å²) in [5.74, 6) is -0.921. The predicted molar refractivity (Wildman–Crippen MR) is 130 cm³/mol. The fourth-order valence-electron chi connectivity index (χ4n) is 3.69. The molecule has 184 valence electrons. The Hall–Kier alpha value is -3.44. The molecule has 0 radical (unpaired) electrons. The van der Waals surface area contributed by atoms with Crippen LogP contribution >= 0.6 is 0 Å². The van der Waals surface area contributed by atoms with E-state index < -0.39 is 11.7 Å². The topological polar surface area (TPSA) is 142 Å². The summed E-state index contributed by atoms with van der Waals surface area (Å²) in [5.41, 5.74) is 12.9. The van der Waals surface area contributed by atoms with E-state index in [0.29, 0.717) is 24.7 Å². The summed E-state index contributed by atoms with van der Waals surface area (Å²) in [6.07, 6.45) is 1.61. The Morgan fingerprint density at radius 1 is 1.26 bits per heavy atom. The molecule has 0 saturated heterocycles. The van der Waals surface area contributed by atoms with Crippen molar-refractivity contribution in [2.24, 2.45) is 11.5 Å². The molecule has 0 fully saturated rings. The van der Waals surface area contributed by atoms with Crippen LogP contribution in [0, 0.1) is 5.82 Å². The number of pyridine rings is 1. The number of aromatic nitrogens is 3. The van der Waals surface area contributed by atoms with Gasteiger partial charge in [-0.15, -0.1) is 5.10 Å². The third-order valence-corrected chi connectivity index (χ3v) is 5.48. The number of nitrogens with two attached hydrogens (primary N) is 2. The van der Waals surface area contributed by atoms with Crippen LogP contribution in [0.15, 0.2) is 24.3 Å². The van der Waals surface area contributed by atoms with Crippen molar-refractivity contribution in [3.05, 3.63) is 35.6 Å². The van der Waals surface area contributed by atoms with Crippen molar-refractivity contribution in [1.29, 1.82) is 0 Å². The lowest BCUT2D eigenvalue weighted by molar-refractivity contribution is 0.100. The molecule has 11 heteroatoms. The Morgan fingerprint density at radius 2 is 2.03 bits per heavy atom. The van der Waals surface area contributed by atoms with Gasteiger partial charge in [0.15, 0.2) is 11.6 Å². The number of primary amides is 1. The largest absolute Gasteiger partial charge is 0.479 e. The standard InChI is InChI=1S/C23H32FN7O3/c1-5-6-18(13(2)25)28-22-17(24)12-16(20(26)32)21(29-22)27-14-7-8-19-15(11-14)23(34-4)30-31(19)9-10-33-3/h7-8,11-13,18H,5-6,9-10,25H2,1-4H3,(H2,26,32)(H2,27,28,29)/t13-,18+/m0/s1. The molecule has 1 amide bonds. The van der Waals surface area contributed by atoms with E-state index in [9.17, 15) is 9.18 Å². The molecular formula is C23H32FN7O3. The fraction of sp³-hybridized carbons (Fsp3) is 0.435. The molecule has 3 rings (SSSR count). The Balaban J connectivity index is 1.99. The number of nitrogens with one attached hydrogen (secondary N) is 2. The third-order valence-electron chi connectivity index (χ3n) is 5.48. The summed E-state index contributed by atoms with van der Waals surface area (Å²) >= 11 is 0. The maximum Gasteiger partial charge on any atom is 0.252 e. The van der Waals surface area contributed by atoms with Gasteiger partial charge in [0.2, 0.25) is 5.88 Å². The molecule has 0 aliphatic rings. The minimum atomic E-state index is -0.802. The summed E-state index contributed by atoms with van der Waals surface area (Å²) in [7, 11) is 3.16. The number of hydrogen-bond donors (Lipinski definition) is 4. The first kappa shape index (κ1) is 25.2. The zero-order valence-electron chi connectivity index (χ0n) is 19.9. The number of methoxy groups -OCH3 is 2. The summed E-state index contributed by atoms with van der Waals surface area (Å²) in [6, 6.07) is 6.15. The number of rotatable bonds is 12. The van der Waals surface area contributed by atoms with Crippen LogP contribution in [-0.2, 0) is 11.3 Å². The number of carbonyl (C=O) groups excluding carboxylic acids is 1. The van der Waals surface area contributed by atoms with E-state index in [2.05, 4.69) is 20.7 Å². The molecule has 0 spiro atoms. The summed E-state index contributed by atoms with van der Waals surface area (Å²) in [5, 5.41) is 11.4. The highest BCUT2D eigenvalue weighted by atomic mass is 19.1. The van der Waals surface area contributed by atoms with E-state index >= 15 is 0 Å². The number of anilines is 3. The molecule has 0 aliphatic heterocycles. The highest BCUT2D eigenvalue weighted by Crippen LogP contribution is 2.30. The van der Waals surface area contributed by atoms with Crippen LogP contribution in [0.5, 0.6) is 5.88 Å². The number of carbonyl (C=O) groups is 1. The monoisotopic (exact) mass is 473 g/mol. The molecule has 0 bridgehead atoms. The average Bonchev–Trinajstić information content (AvgIpc) is 3.15. The number of nitrogens with zero attached hydrogens (tertiary/aromatic N) is 3. The molecular weight excluding hydrogens is 441 g/mol. The summed E-state index contributed by atoms with van der Waals surface area (Å²) in [4.78, 5) is 16.4. The van der Waals surface area contributed by atoms with Gasteiger partial charge in [-0.1, -0.05) is 13.3 Å². The lowest BCUT2D eigenvalue weighted by Crippen LogP contribution is -2.38. The van der Waals surface area contributed by atoms with Crippen molar-refractivity contribution in [3.63, 3.8) is 0 Å². The van der Waals surface area contributed by atoms with Crippen LogP contribution < -0.4 is 26.8 Å². The fourth-order valence-corrected chi connectivity index (χ4v) is 3.69. The van der Waals surface area contributed by atoms with Gasteiger partial charge in [-0.2, -0.15) is 0 Å². The quantitative estimate of drug-likeness (QED) is 0.314. The van der Waals surface area contributed by atoms with E-state index in [0.717, 1.165) is 29.8 Å². The van der Waals surface area contributed by atoms with Crippen molar-refractivity contribution >= 4 is 34.1 Å². The number of benzene rings is 1. The van der Waals surface area contributed by atoms with Crippen molar-refractivity contribution in [2.45, 2.75) is 45.3 Å². The molecule has 3 aromatic rings. The Labute approximate surface area is 197 Å². The smallest absolute Gasteiger partial charge is 0.252 e. The normalized spacial score (nSPS) is 13.0. The molecule has 6 N–H and O–H groups in total. The Bertz CT molecular complexity index is 1150. The van der Waals surface area contributed by atoms with E-state index in [1.807, 2.05) is 26.0 Å². The van der Waals surface area contributed by atoms with Gasteiger partial charge in [0.25, 0.3) is 5.91 Å². The predicted octanol–water partition coefficient (Wildman–Crippen LogP) is 3.00. The highest BCUT2D eigenvalue weighted by molar-refractivity contribution is 5.99. The number of ether oxygens (including phenoxy) is 2. The molecule has 2 aromatic heterocycles. The summed E-state index contributed by atoms with van der Waals surface area (Å²) < 4.78 is 27.1. The second kappa shape index (κ2) is 11.1. The maximum absolute atomic E-state index is 14.8. The number of amides is 1. The van der Waals surface area contributed by atoms with Gasteiger partial charge in [-0.25, -0.2) is 9.37 Å². The number of halogens is 1. The second-order valence-corrected chi connectivity index (χ2v) is 8.06. The van der Waals surface area contributed by atoms with Crippen LogP contribution in [-0.4, -0.2) is 53.6 Å². The number of hydrogen-bond acceptors (Lipinski definition) is 8. The molecule has 0 unspecified atom stereocenters. The zero-order chi connectivity index (χ0) is 24.8. The van der Waals surface area contributed by atoms with Crippen LogP contribution in [0.2, 0.25) is 0 Å². The van der Waals surface area contributed by atoms with Gasteiger partial charge < -0.3 is 31.6 Å². The average molecular weight is 474 g/mol. The van der Waals surface area contributed by atoms with E-state index in [1.165, 1.54) is 0 Å². The van der Waals surface area contributed by atoms with Crippen LogP contribution in [0.4, 0.5) is 21.7 Å². The van der Waals surface area contributed by atoms with Gasteiger partial charge in [-0.3, -0.25) is 9.48 Å². The minimum absolute atomic E-state index is 0.00528. The van der Waals surface area contributed by atoms with E-state index in [1.54, 1.807) is 25.0 Å². The van der Waals surface area contributed by atoms with Gasteiger partial charge in [0.1, 0.15) is 5.82 Å². The van der Waals surface area contributed by atoms with Crippen LogP contribution in [0.25, 0.3) is 10.9 Å². The summed E-state index contributed by atoms with van der Waals surface area (Å²) in [6.45, 7) is 4.92. The maximum atomic E-state index is 14.8. The number of fused-ring (bicyclic) bond motifs is 1. The molecule has 0 aliphatic carbocycles. The molecule has 34 heavy (non-hydrogen) atoms. The first-order valence-corrected chi connectivity index (χ1v) is 11.1. The molecule has 2 atom stereocenters. The van der Waals surface area contributed by atoms with Crippen molar-refractivity contribution in [3.8, 4) is 5.88 Å². The van der Waals surface area contributed by atoms with E-state index in [4.69, 9.17) is 20.9 Å². The lowest BCUT2D eigenvalue weighted by atomic mass is 10.1.